The predicted octanol–water partition coefficient (Wildman–Crippen LogP) is 1.09. The van der Waals surface area contributed by atoms with E-state index in [4.69, 9.17) is 4.74 Å². The summed E-state index contributed by atoms with van der Waals surface area (Å²) in [7, 11) is -2.85. The maximum atomic E-state index is 11.0. The summed E-state index contributed by atoms with van der Waals surface area (Å²) in [6, 6.07) is 7.06. The highest BCUT2D eigenvalue weighted by atomic mass is 32.2. The van der Waals surface area contributed by atoms with E-state index in [-0.39, 0.29) is 17.6 Å². The van der Waals surface area contributed by atoms with Gasteiger partial charge in [-0.05, 0) is 31.5 Å². The van der Waals surface area contributed by atoms with E-state index in [0.29, 0.717) is 5.75 Å². The van der Waals surface area contributed by atoms with Crippen molar-refractivity contribution in [1.29, 1.82) is 0 Å². The van der Waals surface area contributed by atoms with Crippen molar-refractivity contribution in [1.82, 2.24) is 0 Å². The first kappa shape index (κ1) is 12.4. The lowest BCUT2D eigenvalue weighted by atomic mass is 9.99. The van der Waals surface area contributed by atoms with Crippen molar-refractivity contribution in [2.75, 3.05) is 11.5 Å². The minimum atomic E-state index is -2.85. The molecule has 4 nitrogen and oxygen atoms in total. The van der Waals surface area contributed by atoms with Crippen LogP contribution < -0.4 is 4.74 Å². The Labute approximate surface area is 101 Å². The molecule has 1 aliphatic rings. The molecule has 1 aromatic carbocycles. The van der Waals surface area contributed by atoms with Crippen molar-refractivity contribution in [2.45, 2.75) is 25.6 Å². The Morgan fingerprint density at radius 3 is 2.18 bits per heavy atom. The van der Waals surface area contributed by atoms with Crippen LogP contribution in [-0.2, 0) is 15.4 Å². The smallest absolute Gasteiger partial charge is 0.157 e. The van der Waals surface area contributed by atoms with Crippen LogP contribution in [0.15, 0.2) is 24.3 Å². The molecule has 94 valence electrons. The first-order valence-electron chi connectivity index (χ1n) is 5.46. The number of ether oxygens (including phenoxy) is 1. The van der Waals surface area contributed by atoms with E-state index in [2.05, 4.69) is 0 Å². The van der Waals surface area contributed by atoms with Crippen LogP contribution in [0.4, 0.5) is 0 Å². The number of benzene rings is 1. The largest absolute Gasteiger partial charge is 0.488 e. The zero-order valence-electron chi connectivity index (χ0n) is 9.88. The molecule has 0 aromatic heterocycles. The molecular formula is C12H16O4S. The minimum absolute atomic E-state index is 0.0975. The fourth-order valence-corrected chi connectivity index (χ4v) is 2.89. The molecule has 5 heteroatoms. The van der Waals surface area contributed by atoms with Gasteiger partial charge in [-0.1, -0.05) is 12.1 Å². The molecule has 1 aromatic rings. The molecule has 0 spiro atoms. The van der Waals surface area contributed by atoms with Gasteiger partial charge in [0.05, 0.1) is 17.1 Å². The molecular weight excluding hydrogens is 240 g/mol. The van der Waals surface area contributed by atoms with Gasteiger partial charge in [-0.15, -0.1) is 0 Å². The standard InChI is InChI=1S/C12H16O4S/c1-12(2,13)9-3-5-10(6-4-9)16-11-7-17(14,15)8-11/h3-6,11,13H,7-8H2,1-2H3. The molecule has 0 saturated carbocycles. The molecule has 0 aliphatic carbocycles. The minimum Gasteiger partial charge on any atom is -0.488 e. The number of aliphatic hydroxyl groups is 1. The van der Waals surface area contributed by atoms with Crippen LogP contribution in [0.2, 0.25) is 0 Å². The van der Waals surface area contributed by atoms with Crippen molar-refractivity contribution >= 4 is 9.84 Å². The second-order valence-corrected chi connectivity index (χ2v) is 7.05. The summed E-state index contributed by atoms with van der Waals surface area (Å²) in [4.78, 5) is 0. The molecule has 2 rings (SSSR count). The Hall–Kier alpha value is -1.07. The molecule has 0 amide bonds. The molecule has 0 atom stereocenters. The molecule has 0 bridgehead atoms. The molecule has 0 radical (unpaired) electrons. The molecule has 1 fully saturated rings. The van der Waals surface area contributed by atoms with E-state index < -0.39 is 15.4 Å². The molecule has 1 aliphatic heterocycles. The molecule has 1 N–H and O–H groups in total. The highest BCUT2D eigenvalue weighted by molar-refractivity contribution is 7.92. The van der Waals surface area contributed by atoms with Crippen molar-refractivity contribution in [3.63, 3.8) is 0 Å². The van der Waals surface area contributed by atoms with Crippen molar-refractivity contribution in [3.8, 4) is 5.75 Å². The second-order valence-electron chi connectivity index (χ2n) is 4.90. The zero-order chi connectivity index (χ0) is 12.7. The Bertz CT molecular complexity index is 484. The Kier molecular flexibility index (Phi) is 2.91. The third-order valence-corrected chi connectivity index (χ3v) is 4.50. The zero-order valence-corrected chi connectivity index (χ0v) is 10.7. The summed E-state index contributed by atoms with van der Waals surface area (Å²) >= 11 is 0. The monoisotopic (exact) mass is 256 g/mol. The average molecular weight is 256 g/mol. The number of rotatable bonds is 3. The van der Waals surface area contributed by atoms with Crippen LogP contribution in [0, 0.1) is 0 Å². The van der Waals surface area contributed by atoms with Gasteiger partial charge in [0.2, 0.25) is 0 Å². The van der Waals surface area contributed by atoms with Gasteiger partial charge in [0.1, 0.15) is 11.9 Å². The molecule has 1 heterocycles. The maximum Gasteiger partial charge on any atom is 0.157 e. The van der Waals surface area contributed by atoms with Crippen LogP contribution in [-0.4, -0.2) is 31.1 Å². The van der Waals surface area contributed by atoms with Gasteiger partial charge >= 0.3 is 0 Å². The van der Waals surface area contributed by atoms with Gasteiger partial charge < -0.3 is 9.84 Å². The van der Waals surface area contributed by atoms with Crippen LogP contribution in [0.1, 0.15) is 19.4 Å². The van der Waals surface area contributed by atoms with Crippen molar-refractivity contribution in [3.05, 3.63) is 29.8 Å². The van der Waals surface area contributed by atoms with Gasteiger partial charge in [0.25, 0.3) is 0 Å². The van der Waals surface area contributed by atoms with Crippen LogP contribution >= 0.6 is 0 Å². The van der Waals surface area contributed by atoms with Crippen LogP contribution in [0.25, 0.3) is 0 Å². The van der Waals surface area contributed by atoms with E-state index in [1.807, 2.05) is 0 Å². The summed E-state index contributed by atoms with van der Waals surface area (Å²) in [5.41, 5.74) is -0.0794. The second kappa shape index (κ2) is 3.99. The van der Waals surface area contributed by atoms with Crippen LogP contribution in [0.5, 0.6) is 5.75 Å². The number of sulfone groups is 1. The highest BCUT2D eigenvalue weighted by Crippen LogP contribution is 2.24. The predicted molar refractivity (Wildman–Crippen MR) is 64.8 cm³/mol. The fraction of sp³-hybridized carbons (Fsp3) is 0.500. The van der Waals surface area contributed by atoms with Gasteiger partial charge in [0.15, 0.2) is 9.84 Å². The fourth-order valence-electron chi connectivity index (χ4n) is 1.72. The Morgan fingerprint density at radius 1 is 1.24 bits per heavy atom. The van der Waals surface area contributed by atoms with E-state index in [1.165, 1.54) is 0 Å². The quantitative estimate of drug-likeness (QED) is 0.879. The lowest BCUT2D eigenvalue weighted by Crippen LogP contribution is -2.45. The Balaban J connectivity index is 2.00. The average Bonchev–Trinajstić information content (AvgIpc) is 2.14. The first-order chi connectivity index (χ1) is 7.76. The molecule has 0 unspecified atom stereocenters. The summed E-state index contributed by atoms with van der Waals surface area (Å²) in [6.45, 7) is 3.42. The first-order valence-corrected chi connectivity index (χ1v) is 7.28. The lowest BCUT2D eigenvalue weighted by molar-refractivity contribution is 0.0785. The van der Waals surface area contributed by atoms with Gasteiger partial charge in [-0.3, -0.25) is 0 Å². The summed E-state index contributed by atoms with van der Waals surface area (Å²) in [5.74, 6) is 0.832. The number of hydrogen-bond acceptors (Lipinski definition) is 4. The van der Waals surface area contributed by atoms with Gasteiger partial charge in [0, 0.05) is 0 Å². The SMILES string of the molecule is CC(C)(O)c1ccc(OC2CS(=O)(=O)C2)cc1. The normalized spacial score (nSPS) is 19.7. The highest BCUT2D eigenvalue weighted by Gasteiger charge is 2.35. The molecule has 17 heavy (non-hydrogen) atoms. The third-order valence-electron chi connectivity index (χ3n) is 2.74. The third kappa shape index (κ3) is 2.98. The van der Waals surface area contributed by atoms with Gasteiger partial charge in [-0.25, -0.2) is 8.42 Å². The molecule has 1 saturated heterocycles. The number of hydrogen-bond donors (Lipinski definition) is 1. The van der Waals surface area contributed by atoms with E-state index in [0.717, 1.165) is 5.56 Å². The van der Waals surface area contributed by atoms with E-state index in [1.54, 1.807) is 38.1 Å². The lowest BCUT2D eigenvalue weighted by Gasteiger charge is -2.26. The van der Waals surface area contributed by atoms with Crippen molar-refractivity contribution < 1.29 is 18.3 Å². The summed E-state index contributed by atoms with van der Waals surface area (Å²) < 4.78 is 27.4. The maximum absolute atomic E-state index is 11.0. The van der Waals surface area contributed by atoms with E-state index >= 15 is 0 Å². The van der Waals surface area contributed by atoms with Crippen molar-refractivity contribution in [2.24, 2.45) is 0 Å². The van der Waals surface area contributed by atoms with E-state index in [9.17, 15) is 13.5 Å². The van der Waals surface area contributed by atoms with Crippen LogP contribution in [0.3, 0.4) is 0 Å². The topological polar surface area (TPSA) is 63.6 Å². The van der Waals surface area contributed by atoms with Gasteiger partial charge in [-0.2, -0.15) is 0 Å². The summed E-state index contributed by atoms with van der Waals surface area (Å²) in [5, 5.41) is 9.77. The Morgan fingerprint density at radius 2 is 1.76 bits per heavy atom. The summed E-state index contributed by atoms with van der Waals surface area (Å²) in [6.07, 6.45) is -0.229.